The second kappa shape index (κ2) is 7.93. The lowest BCUT2D eigenvalue weighted by Crippen LogP contribution is -2.36. The molecule has 1 amide bonds. The molecule has 2 aromatic heterocycles. The van der Waals surface area contributed by atoms with Gasteiger partial charge in [-0.25, -0.2) is 0 Å². The Morgan fingerprint density at radius 3 is 2.89 bits per heavy atom. The van der Waals surface area contributed by atoms with Gasteiger partial charge in [-0.2, -0.15) is 13.8 Å². The van der Waals surface area contributed by atoms with E-state index < -0.39 is 0 Å². The molecule has 0 spiro atoms. The third-order valence-electron chi connectivity index (χ3n) is 4.62. The summed E-state index contributed by atoms with van der Waals surface area (Å²) in [6, 6.07) is 9.62. The van der Waals surface area contributed by atoms with Crippen molar-refractivity contribution in [1.82, 2.24) is 23.8 Å². The van der Waals surface area contributed by atoms with Crippen molar-refractivity contribution in [3.05, 3.63) is 36.0 Å². The summed E-state index contributed by atoms with van der Waals surface area (Å²) >= 11 is 1.15. The number of carbonyl (C=O) groups is 1. The summed E-state index contributed by atoms with van der Waals surface area (Å²) in [6.07, 6.45) is 0.981. The van der Waals surface area contributed by atoms with Gasteiger partial charge in [0.05, 0.1) is 29.7 Å². The molecule has 3 heterocycles. The van der Waals surface area contributed by atoms with Crippen LogP contribution in [0, 0.1) is 6.92 Å². The first-order chi connectivity index (χ1) is 13.2. The van der Waals surface area contributed by atoms with Gasteiger partial charge in [0, 0.05) is 26.2 Å². The van der Waals surface area contributed by atoms with Crippen LogP contribution in [-0.2, 0) is 4.79 Å². The number of hydrogen-bond acceptors (Lipinski definition) is 8. The minimum atomic E-state index is -0.0286. The average Bonchev–Trinajstić information content (AvgIpc) is 3.04. The van der Waals surface area contributed by atoms with Crippen LogP contribution in [0.4, 0.5) is 11.5 Å². The van der Waals surface area contributed by atoms with E-state index in [1.807, 2.05) is 37.3 Å². The van der Waals surface area contributed by atoms with Crippen molar-refractivity contribution >= 4 is 40.2 Å². The molecule has 0 unspecified atom stereocenters. The van der Waals surface area contributed by atoms with E-state index in [0.29, 0.717) is 6.54 Å². The summed E-state index contributed by atoms with van der Waals surface area (Å²) < 4.78 is 8.48. The van der Waals surface area contributed by atoms with Gasteiger partial charge in [-0.3, -0.25) is 9.69 Å². The lowest BCUT2D eigenvalue weighted by Gasteiger charge is -2.22. The molecule has 0 bridgehead atoms. The molecule has 0 aliphatic carbocycles. The van der Waals surface area contributed by atoms with Crippen molar-refractivity contribution < 1.29 is 4.79 Å². The van der Waals surface area contributed by atoms with Crippen LogP contribution in [0.1, 0.15) is 12.1 Å². The van der Waals surface area contributed by atoms with E-state index in [0.717, 1.165) is 72.6 Å². The molecule has 140 valence electrons. The number of aryl methyl sites for hydroxylation is 1. The highest BCUT2D eigenvalue weighted by Crippen LogP contribution is 2.21. The Kier molecular flexibility index (Phi) is 5.21. The highest BCUT2D eigenvalue weighted by Gasteiger charge is 2.19. The van der Waals surface area contributed by atoms with Gasteiger partial charge < -0.3 is 10.2 Å². The highest BCUT2D eigenvalue weighted by molar-refractivity contribution is 7.00. The predicted octanol–water partition coefficient (Wildman–Crippen LogP) is 1.94. The monoisotopic (exact) mass is 383 g/mol. The van der Waals surface area contributed by atoms with E-state index >= 15 is 0 Å². The number of aromatic nitrogens is 4. The Hall–Kier alpha value is -2.65. The SMILES string of the molecule is Cc1ccc(N2CCCN(CC(=O)Nc3cccc4nsnc34)CC2)nn1. The van der Waals surface area contributed by atoms with Crippen molar-refractivity contribution in [2.75, 3.05) is 42.9 Å². The molecule has 0 saturated carbocycles. The van der Waals surface area contributed by atoms with Crippen LogP contribution in [0.3, 0.4) is 0 Å². The molecular formula is C18H21N7OS. The van der Waals surface area contributed by atoms with Gasteiger partial charge in [-0.1, -0.05) is 6.07 Å². The Morgan fingerprint density at radius 2 is 2.04 bits per heavy atom. The van der Waals surface area contributed by atoms with Crippen molar-refractivity contribution in [3.8, 4) is 0 Å². The number of fused-ring (bicyclic) bond motifs is 1. The van der Waals surface area contributed by atoms with E-state index in [4.69, 9.17) is 0 Å². The third-order valence-corrected chi connectivity index (χ3v) is 5.17. The molecule has 1 aliphatic heterocycles. The van der Waals surface area contributed by atoms with Gasteiger partial charge in [0.15, 0.2) is 5.82 Å². The first kappa shape index (κ1) is 17.7. The number of carbonyl (C=O) groups excluding carboxylic acids is 1. The van der Waals surface area contributed by atoms with Gasteiger partial charge in [0.1, 0.15) is 11.0 Å². The first-order valence-corrected chi connectivity index (χ1v) is 9.71. The van der Waals surface area contributed by atoms with E-state index in [2.05, 4.69) is 34.1 Å². The fraction of sp³-hybridized carbons (Fsp3) is 0.389. The molecule has 9 heteroatoms. The smallest absolute Gasteiger partial charge is 0.238 e. The van der Waals surface area contributed by atoms with Gasteiger partial charge in [-0.05, 0) is 37.6 Å². The Balaban J connectivity index is 1.35. The Labute approximate surface area is 161 Å². The second-order valence-electron chi connectivity index (χ2n) is 6.64. The highest BCUT2D eigenvalue weighted by atomic mass is 32.1. The average molecular weight is 383 g/mol. The molecule has 1 fully saturated rings. The Bertz CT molecular complexity index is 927. The maximum Gasteiger partial charge on any atom is 0.238 e. The zero-order valence-electron chi connectivity index (χ0n) is 15.1. The number of amides is 1. The summed E-state index contributed by atoms with van der Waals surface area (Å²) in [6.45, 7) is 5.73. The van der Waals surface area contributed by atoms with Gasteiger partial charge in [0.25, 0.3) is 0 Å². The zero-order chi connectivity index (χ0) is 18.6. The van der Waals surface area contributed by atoms with Crippen LogP contribution in [0.2, 0.25) is 0 Å². The maximum absolute atomic E-state index is 12.5. The normalized spacial score (nSPS) is 15.7. The summed E-state index contributed by atoms with van der Waals surface area (Å²) in [4.78, 5) is 16.9. The lowest BCUT2D eigenvalue weighted by atomic mass is 10.2. The van der Waals surface area contributed by atoms with E-state index in [1.54, 1.807) is 0 Å². The molecule has 1 aliphatic rings. The summed E-state index contributed by atoms with van der Waals surface area (Å²) in [5, 5.41) is 11.4. The fourth-order valence-corrected chi connectivity index (χ4v) is 3.77. The van der Waals surface area contributed by atoms with Crippen LogP contribution in [0.5, 0.6) is 0 Å². The van der Waals surface area contributed by atoms with Crippen molar-refractivity contribution in [2.24, 2.45) is 0 Å². The van der Waals surface area contributed by atoms with Crippen LogP contribution >= 0.6 is 11.7 Å². The third kappa shape index (κ3) is 4.20. The van der Waals surface area contributed by atoms with Crippen LogP contribution in [-0.4, -0.2) is 62.5 Å². The van der Waals surface area contributed by atoms with Gasteiger partial charge >= 0.3 is 0 Å². The first-order valence-electron chi connectivity index (χ1n) is 8.98. The van der Waals surface area contributed by atoms with Crippen LogP contribution < -0.4 is 10.2 Å². The number of rotatable bonds is 4. The predicted molar refractivity (Wildman–Crippen MR) is 106 cm³/mol. The molecule has 3 aromatic rings. The van der Waals surface area contributed by atoms with Gasteiger partial charge in [-0.15, -0.1) is 5.10 Å². The van der Waals surface area contributed by atoms with Crippen LogP contribution in [0.15, 0.2) is 30.3 Å². The van der Waals surface area contributed by atoms with Crippen molar-refractivity contribution in [1.29, 1.82) is 0 Å². The number of hydrogen-bond donors (Lipinski definition) is 1. The summed E-state index contributed by atoms with van der Waals surface area (Å²) in [5.74, 6) is 0.869. The molecular weight excluding hydrogens is 362 g/mol. The zero-order valence-corrected chi connectivity index (χ0v) is 15.9. The Morgan fingerprint density at radius 1 is 1.11 bits per heavy atom. The topological polar surface area (TPSA) is 87.1 Å². The van der Waals surface area contributed by atoms with E-state index in [1.165, 1.54) is 0 Å². The molecule has 1 N–H and O–H groups in total. The number of nitrogens with zero attached hydrogens (tertiary/aromatic N) is 6. The number of anilines is 2. The lowest BCUT2D eigenvalue weighted by molar-refractivity contribution is -0.117. The number of nitrogens with one attached hydrogen (secondary N) is 1. The maximum atomic E-state index is 12.5. The van der Waals surface area contributed by atoms with Crippen molar-refractivity contribution in [2.45, 2.75) is 13.3 Å². The molecule has 0 atom stereocenters. The largest absolute Gasteiger partial charge is 0.354 e. The molecule has 8 nitrogen and oxygen atoms in total. The molecule has 27 heavy (non-hydrogen) atoms. The molecule has 1 saturated heterocycles. The quantitative estimate of drug-likeness (QED) is 0.737. The molecule has 0 radical (unpaired) electrons. The standard InChI is InChI=1S/C18H21N7OS/c1-13-6-7-16(21-20-13)25-9-3-8-24(10-11-25)12-17(26)19-14-4-2-5-15-18(14)23-27-22-15/h2,4-7H,3,8-12H2,1H3,(H,19,26). The minimum absolute atomic E-state index is 0.0286. The summed E-state index contributed by atoms with van der Waals surface area (Å²) in [5.41, 5.74) is 3.19. The van der Waals surface area contributed by atoms with Crippen LogP contribution in [0.25, 0.3) is 11.0 Å². The summed E-state index contributed by atoms with van der Waals surface area (Å²) in [7, 11) is 0. The molecule has 1 aromatic carbocycles. The van der Waals surface area contributed by atoms with E-state index in [9.17, 15) is 4.79 Å². The number of benzene rings is 1. The van der Waals surface area contributed by atoms with E-state index in [-0.39, 0.29) is 5.91 Å². The minimum Gasteiger partial charge on any atom is -0.354 e. The van der Waals surface area contributed by atoms with Crippen molar-refractivity contribution in [3.63, 3.8) is 0 Å². The fourth-order valence-electron chi connectivity index (χ4n) is 3.22. The molecule has 4 rings (SSSR count). The van der Waals surface area contributed by atoms with Gasteiger partial charge in [0.2, 0.25) is 5.91 Å². The second-order valence-corrected chi connectivity index (χ2v) is 7.16.